The van der Waals surface area contributed by atoms with Crippen LogP contribution in [0.1, 0.15) is 38.2 Å². The number of amides is 2. The molecular formula is C22H29I2N3O3. The van der Waals surface area contributed by atoms with Crippen LogP contribution in [-0.4, -0.2) is 30.3 Å². The van der Waals surface area contributed by atoms with Crippen molar-refractivity contribution in [3.8, 4) is 17.2 Å². The Hall–Kier alpha value is -1.27. The van der Waals surface area contributed by atoms with Crippen molar-refractivity contribution in [3.63, 3.8) is 0 Å². The van der Waals surface area contributed by atoms with Crippen molar-refractivity contribution in [2.75, 3.05) is 13.1 Å². The topological polar surface area (TPSA) is 96.6 Å². The molecule has 1 atom stereocenters. The van der Waals surface area contributed by atoms with E-state index in [2.05, 4.69) is 62.7 Å². The molecule has 5 N–H and O–H groups in total. The van der Waals surface area contributed by atoms with Gasteiger partial charge in [0.25, 0.3) is 0 Å². The number of benzene rings is 2. The van der Waals surface area contributed by atoms with Gasteiger partial charge < -0.3 is 26.2 Å². The van der Waals surface area contributed by atoms with E-state index in [9.17, 15) is 9.90 Å². The molecule has 1 unspecified atom stereocenters. The maximum absolute atomic E-state index is 11.9. The second-order valence-electron chi connectivity index (χ2n) is 7.15. The van der Waals surface area contributed by atoms with Crippen molar-refractivity contribution in [2.45, 2.75) is 45.1 Å². The van der Waals surface area contributed by atoms with Crippen molar-refractivity contribution >= 4 is 51.2 Å². The maximum Gasteiger partial charge on any atom is 0.314 e. The lowest BCUT2D eigenvalue weighted by molar-refractivity contribution is 0.240. The summed E-state index contributed by atoms with van der Waals surface area (Å²) >= 11 is 4.50. The second-order valence-corrected chi connectivity index (χ2v) is 9.47. The van der Waals surface area contributed by atoms with Gasteiger partial charge in [-0.3, -0.25) is 0 Å². The molecule has 8 heteroatoms. The normalized spacial score (nSPS) is 11.7. The number of phenolic OH excluding ortho intramolecular Hbond substituents is 1. The number of nitrogens with one attached hydrogen (secondary N) is 2. The predicted octanol–water partition coefficient (Wildman–Crippen LogP) is 5.14. The number of hydrogen-bond acceptors (Lipinski definition) is 4. The molecule has 0 aliphatic rings. The van der Waals surface area contributed by atoms with Gasteiger partial charge in [-0.25, -0.2) is 4.79 Å². The highest BCUT2D eigenvalue weighted by molar-refractivity contribution is 14.1. The van der Waals surface area contributed by atoms with E-state index in [1.807, 2.05) is 12.1 Å². The Kier molecular flexibility index (Phi) is 11.0. The summed E-state index contributed by atoms with van der Waals surface area (Å²) in [7, 11) is 0. The number of carbonyl (C=O) groups excluding carboxylic acids is 1. The summed E-state index contributed by atoms with van der Waals surface area (Å²) in [6, 6.07) is 10.4. The highest BCUT2D eigenvalue weighted by atomic mass is 127. The Balaban J connectivity index is 1.83. The van der Waals surface area contributed by atoms with Crippen molar-refractivity contribution in [1.29, 1.82) is 0 Å². The lowest BCUT2D eigenvalue weighted by Crippen LogP contribution is -2.43. The number of phenols is 1. The molecule has 0 radical (unpaired) electrons. The van der Waals surface area contributed by atoms with Gasteiger partial charge in [0.2, 0.25) is 0 Å². The van der Waals surface area contributed by atoms with Crippen LogP contribution in [0.3, 0.4) is 0 Å². The third-order valence-corrected chi connectivity index (χ3v) is 6.06. The summed E-state index contributed by atoms with van der Waals surface area (Å²) in [6.07, 6.45) is 5.18. The summed E-state index contributed by atoms with van der Waals surface area (Å²) in [5, 5.41) is 15.1. The SMILES string of the molecule is CCCCCCNC(=O)NCC(N)Cc1cc(I)c(Oc2ccc(O)cc2)c(I)c1. The van der Waals surface area contributed by atoms with Crippen molar-refractivity contribution in [2.24, 2.45) is 5.73 Å². The Bertz CT molecular complexity index is 793. The number of urea groups is 1. The molecule has 2 rings (SSSR count). The van der Waals surface area contributed by atoms with E-state index in [0.717, 1.165) is 31.3 Å². The zero-order valence-electron chi connectivity index (χ0n) is 17.1. The first-order valence-electron chi connectivity index (χ1n) is 10.1. The molecule has 0 saturated heterocycles. The van der Waals surface area contributed by atoms with Gasteiger partial charge in [0.1, 0.15) is 11.5 Å². The van der Waals surface area contributed by atoms with E-state index in [4.69, 9.17) is 10.5 Å². The van der Waals surface area contributed by atoms with Crippen LogP contribution in [0.2, 0.25) is 0 Å². The number of carbonyl (C=O) groups is 1. The number of rotatable bonds is 11. The number of aromatic hydroxyl groups is 1. The van der Waals surface area contributed by atoms with E-state index < -0.39 is 0 Å². The Morgan fingerprint density at radius 1 is 1.10 bits per heavy atom. The van der Waals surface area contributed by atoms with E-state index in [1.54, 1.807) is 24.3 Å². The Labute approximate surface area is 205 Å². The first-order valence-corrected chi connectivity index (χ1v) is 12.3. The number of unbranched alkanes of at least 4 members (excludes halogenated alkanes) is 3. The summed E-state index contributed by atoms with van der Waals surface area (Å²) in [5.41, 5.74) is 7.32. The van der Waals surface area contributed by atoms with Gasteiger partial charge in [0, 0.05) is 19.1 Å². The van der Waals surface area contributed by atoms with Gasteiger partial charge in [0.15, 0.2) is 5.75 Å². The molecule has 0 aliphatic carbocycles. The van der Waals surface area contributed by atoms with Crippen LogP contribution in [0.15, 0.2) is 36.4 Å². The minimum absolute atomic E-state index is 0.163. The first-order chi connectivity index (χ1) is 14.4. The average Bonchev–Trinajstić information content (AvgIpc) is 2.70. The average molecular weight is 637 g/mol. The predicted molar refractivity (Wildman–Crippen MR) is 137 cm³/mol. The lowest BCUT2D eigenvalue weighted by Gasteiger charge is -2.16. The van der Waals surface area contributed by atoms with Gasteiger partial charge in [-0.05, 0) is 100.0 Å². The Morgan fingerprint density at radius 2 is 1.77 bits per heavy atom. The third kappa shape index (κ3) is 8.84. The largest absolute Gasteiger partial charge is 0.508 e. The number of halogens is 2. The molecule has 2 amide bonds. The molecular weight excluding hydrogens is 608 g/mol. The van der Waals surface area contributed by atoms with Crippen molar-refractivity contribution in [3.05, 3.63) is 49.1 Å². The van der Waals surface area contributed by atoms with Crippen LogP contribution in [0.5, 0.6) is 17.2 Å². The molecule has 0 spiro atoms. The maximum atomic E-state index is 11.9. The van der Waals surface area contributed by atoms with Gasteiger partial charge in [-0.15, -0.1) is 0 Å². The van der Waals surface area contributed by atoms with Crippen LogP contribution in [0.25, 0.3) is 0 Å². The fourth-order valence-corrected chi connectivity index (χ4v) is 4.99. The van der Waals surface area contributed by atoms with E-state index >= 15 is 0 Å². The summed E-state index contributed by atoms with van der Waals surface area (Å²) in [5.74, 6) is 1.65. The molecule has 0 aromatic heterocycles. The second kappa shape index (κ2) is 13.2. The quantitative estimate of drug-likeness (QED) is 0.203. The molecule has 2 aromatic carbocycles. The lowest BCUT2D eigenvalue weighted by atomic mass is 10.1. The monoisotopic (exact) mass is 637 g/mol. The number of ether oxygens (including phenoxy) is 1. The summed E-state index contributed by atoms with van der Waals surface area (Å²) in [6.45, 7) is 3.28. The highest BCUT2D eigenvalue weighted by Crippen LogP contribution is 2.33. The zero-order chi connectivity index (χ0) is 21.9. The van der Waals surface area contributed by atoms with E-state index in [-0.39, 0.29) is 17.8 Å². The first kappa shape index (κ1) is 25.0. The minimum Gasteiger partial charge on any atom is -0.508 e. The molecule has 0 aliphatic heterocycles. The van der Waals surface area contributed by atoms with Crippen LogP contribution in [0.4, 0.5) is 4.79 Å². The van der Waals surface area contributed by atoms with E-state index in [1.165, 1.54) is 12.8 Å². The summed E-state index contributed by atoms with van der Waals surface area (Å²) < 4.78 is 7.93. The highest BCUT2D eigenvalue weighted by Gasteiger charge is 2.13. The zero-order valence-corrected chi connectivity index (χ0v) is 21.4. The van der Waals surface area contributed by atoms with Crippen LogP contribution in [0, 0.1) is 7.14 Å². The van der Waals surface area contributed by atoms with Crippen LogP contribution in [-0.2, 0) is 6.42 Å². The molecule has 0 heterocycles. The number of hydrogen-bond donors (Lipinski definition) is 4. The fourth-order valence-electron chi connectivity index (χ4n) is 2.87. The smallest absolute Gasteiger partial charge is 0.314 e. The minimum atomic E-state index is -0.175. The molecule has 0 bridgehead atoms. The van der Waals surface area contributed by atoms with E-state index in [0.29, 0.717) is 25.3 Å². The van der Waals surface area contributed by atoms with Crippen molar-refractivity contribution < 1.29 is 14.6 Å². The Morgan fingerprint density at radius 3 is 2.40 bits per heavy atom. The van der Waals surface area contributed by atoms with Crippen LogP contribution >= 0.6 is 45.2 Å². The van der Waals surface area contributed by atoms with Crippen LogP contribution < -0.4 is 21.1 Å². The molecule has 2 aromatic rings. The standard InChI is InChI=1S/C22H29I2N3O3/c1-2-3-4-5-10-26-22(29)27-14-16(25)11-15-12-19(23)21(20(24)13-15)30-18-8-6-17(28)7-9-18/h6-9,12-13,16,28H,2-5,10-11,14,25H2,1H3,(H2,26,27,29). The van der Waals surface area contributed by atoms with Gasteiger partial charge >= 0.3 is 6.03 Å². The molecule has 30 heavy (non-hydrogen) atoms. The fraction of sp³-hybridized carbons (Fsp3) is 0.409. The number of nitrogens with two attached hydrogens (primary N) is 1. The van der Waals surface area contributed by atoms with Crippen molar-refractivity contribution in [1.82, 2.24) is 10.6 Å². The molecule has 6 nitrogen and oxygen atoms in total. The van der Waals surface area contributed by atoms with Gasteiger partial charge in [-0.1, -0.05) is 26.2 Å². The molecule has 0 saturated carbocycles. The summed E-state index contributed by atoms with van der Waals surface area (Å²) in [4.78, 5) is 11.9. The molecule has 0 fully saturated rings. The van der Waals surface area contributed by atoms with Gasteiger partial charge in [-0.2, -0.15) is 0 Å². The third-order valence-electron chi connectivity index (χ3n) is 4.45. The van der Waals surface area contributed by atoms with Gasteiger partial charge in [0.05, 0.1) is 7.14 Å². The molecule has 164 valence electrons.